The molecular formula is C23H28O3. The maximum atomic E-state index is 12.0. The van der Waals surface area contributed by atoms with E-state index < -0.39 is 5.60 Å². The van der Waals surface area contributed by atoms with Crippen LogP contribution in [0.15, 0.2) is 36.5 Å². The van der Waals surface area contributed by atoms with Gasteiger partial charge < -0.3 is 4.74 Å². The van der Waals surface area contributed by atoms with Crippen molar-refractivity contribution in [1.29, 1.82) is 0 Å². The standard InChI is InChI=1S/C23H28O3/c1-3-14-12-15-13-16(24)4-5-17(15)18-6-9-22(2)19(21(14)18)7-10-23(22)11-8-20(25)26-23/h3,8,11-12,14,17-19,21H,1,4-7,9-10,13H2,2H3/t14?,17-,18?,19?,21?,22-,23+/m0/s1. The number of fused-ring (bicyclic) bond motifs is 6. The molecule has 26 heavy (non-hydrogen) atoms. The zero-order valence-corrected chi connectivity index (χ0v) is 15.6. The normalized spacial score (nSPS) is 49.3. The summed E-state index contributed by atoms with van der Waals surface area (Å²) in [6.45, 7) is 6.50. The van der Waals surface area contributed by atoms with Crippen LogP contribution in [0.2, 0.25) is 0 Å². The molecule has 4 unspecified atom stereocenters. The van der Waals surface area contributed by atoms with Crippen LogP contribution in [0.5, 0.6) is 0 Å². The quantitative estimate of drug-likeness (QED) is 0.519. The van der Waals surface area contributed by atoms with Gasteiger partial charge in [0, 0.05) is 24.3 Å². The van der Waals surface area contributed by atoms with E-state index in [4.69, 9.17) is 4.74 Å². The van der Waals surface area contributed by atoms with Gasteiger partial charge >= 0.3 is 5.97 Å². The molecule has 0 radical (unpaired) electrons. The summed E-state index contributed by atoms with van der Waals surface area (Å²) in [6.07, 6.45) is 15.0. The largest absolute Gasteiger partial charge is 0.451 e. The topological polar surface area (TPSA) is 43.4 Å². The van der Waals surface area contributed by atoms with Gasteiger partial charge in [0.25, 0.3) is 0 Å². The Kier molecular flexibility index (Phi) is 3.45. The van der Waals surface area contributed by atoms with Gasteiger partial charge in [-0.25, -0.2) is 4.79 Å². The third kappa shape index (κ3) is 2.00. The Morgan fingerprint density at radius 3 is 2.81 bits per heavy atom. The minimum absolute atomic E-state index is 0.0217. The van der Waals surface area contributed by atoms with E-state index in [1.54, 1.807) is 6.08 Å². The molecule has 1 heterocycles. The molecule has 0 bridgehead atoms. The Morgan fingerprint density at radius 1 is 1.23 bits per heavy atom. The summed E-state index contributed by atoms with van der Waals surface area (Å²) in [4.78, 5) is 23.9. The van der Waals surface area contributed by atoms with Crippen LogP contribution in [0.1, 0.15) is 51.9 Å². The molecule has 3 fully saturated rings. The number of ketones is 1. The number of esters is 1. The Labute approximate surface area is 155 Å². The average molecular weight is 352 g/mol. The number of hydrogen-bond donors (Lipinski definition) is 0. The molecule has 5 rings (SSSR count). The minimum atomic E-state index is -0.391. The molecule has 4 aliphatic carbocycles. The van der Waals surface area contributed by atoms with Crippen molar-refractivity contribution >= 4 is 11.8 Å². The minimum Gasteiger partial charge on any atom is -0.451 e. The summed E-state index contributed by atoms with van der Waals surface area (Å²) in [5.41, 5.74) is 1.02. The number of carbonyl (C=O) groups excluding carboxylic acids is 2. The maximum Gasteiger partial charge on any atom is 0.331 e. The first-order chi connectivity index (χ1) is 12.5. The van der Waals surface area contributed by atoms with Gasteiger partial charge in [0.05, 0.1) is 0 Å². The van der Waals surface area contributed by atoms with E-state index in [0.29, 0.717) is 41.8 Å². The van der Waals surface area contributed by atoms with Crippen LogP contribution in [0.3, 0.4) is 0 Å². The fourth-order valence-corrected chi connectivity index (χ4v) is 7.38. The second-order valence-corrected chi connectivity index (χ2v) is 9.40. The van der Waals surface area contributed by atoms with Gasteiger partial charge in [0.1, 0.15) is 11.4 Å². The lowest BCUT2D eigenvalue weighted by molar-refractivity contribution is -0.161. The van der Waals surface area contributed by atoms with E-state index >= 15 is 0 Å². The molecule has 1 aliphatic heterocycles. The smallest absolute Gasteiger partial charge is 0.331 e. The summed E-state index contributed by atoms with van der Waals surface area (Å²) in [5, 5.41) is 0. The third-order valence-corrected chi connectivity index (χ3v) is 8.59. The number of carbonyl (C=O) groups is 2. The highest BCUT2D eigenvalue weighted by atomic mass is 16.6. The zero-order valence-electron chi connectivity index (χ0n) is 15.6. The summed E-state index contributed by atoms with van der Waals surface area (Å²) >= 11 is 0. The number of hydrogen-bond acceptors (Lipinski definition) is 3. The summed E-state index contributed by atoms with van der Waals surface area (Å²) in [5.74, 6) is 2.92. The SMILES string of the molecule is C=CC1C=C2CC(=O)CC[C@@H]2C2CC[C@@]3(C)C(CC[C@@]34C=CC(=O)O4)C12. The molecule has 0 aromatic heterocycles. The molecule has 0 aromatic carbocycles. The fraction of sp³-hybridized carbons (Fsp3) is 0.652. The van der Waals surface area contributed by atoms with E-state index in [0.717, 1.165) is 32.1 Å². The third-order valence-electron chi connectivity index (χ3n) is 8.59. The summed E-state index contributed by atoms with van der Waals surface area (Å²) in [7, 11) is 0. The molecule has 3 heteroatoms. The van der Waals surface area contributed by atoms with Gasteiger partial charge in [0.15, 0.2) is 0 Å². The summed E-state index contributed by atoms with van der Waals surface area (Å²) in [6, 6.07) is 0. The first-order valence-electron chi connectivity index (χ1n) is 10.2. The van der Waals surface area contributed by atoms with Crippen LogP contribution in [0.4, 0.5) is 0 Å². The van der Waals surface area contributed by atoms with E-state index in [1.165, 1.54) is 12.0 Å². The Hall–Kier alpha value is -1.64. The molecule has 1 spiro atoms. The average Bonchev–Trinajstić information content (AvgIpc) is 3.14. The van der Waals surface area contributed by atoms with Gasteiger partial charge in [0.2, 0.25) is 0 Å². The molecule has 3 saturated carbocycles. The van der Waals surface area contributed by atoms with E-state index in [9.17, 15) is 9.59 Å². The van der Waals surface area contributed by atoms with Crippen molar-refractivity contribution in [2.24, 2.45) is 35.0 Å². The van der Waals surface area contributed by atoms with Crippen molar-refractivity contribution in [1.82, 2.24) is 0 Å². The monoisotopic (exact) mass is 352 g/mol. The van der Waals surface area contributed by atoms with Crippen molar-refractivity contribution in [2.45, 2.75) is 57.5 Å². The van der Waals surface area contributed by atoms with E-state index in [1.807, 2.05) is 0 Å². The number of allylic oxidation sites excluding steroid dienone is 3. The second-order valence-electron chi connectivity index (χ2n) is 9.40. The van der Waals surface area contributed by atoms with Gasteiger partial charge in [-0.3, -0.25) is 4.79 Å². The lowest BCUT2D eigenvalue weighted by Crippen LogP contribution is -2.53. The highest BCUT2D eigenvalue weighted by molar-refractivity contribution is 5.85. The first kappa shape index (κ1) is 16.5. The Bertz CT molecular complexity index is 747. The predicted octanol–water partition coefficient (Wildman–Crippen LogP) is 4.39. The van der Waals surface area contributed by atoms with Crippen LogP contribution in [0.25, 0.3) is 0 Å². The van der Waals surface area contributed by atoms with E-state index in [-0.39, 0.29) is 11.4 Å². The summed E-state index contributed by atoms with van der Waals surface area (Å²) < 4.78 is 5.92. The molecule has 0 saturated heterocycles. The van der Waals surface area contributed by atoms with Crippen LogP contribution in [0, 0.1) is 35.0 Å². The molecule has 3 nitrogen and oxygen atoms in total. The van der Waals surface area contributed by atoms with Crippen molar-refractivity contribution in [3.63, 3.8) is 0 Å². The number of Topliss-reactive ketones (excluding diaryl/α,β-unsaturated/α-hetero) is 1. The van der Waals surface area contributed by atoms with Gasteiger partial charge in [-0.15, -0.1) is 6.58 Å². The molecule has 0 aromatic rings. The predicted molar refractivity (Wildman–Crippen MR) is 99.1 cm³/mol. The molecule has 0 amide bonds. The van der Waals surface area contributed by atoms with Crippen molar-refractivity contribution < 1.29 is 14.3 Å². The number of rotatable bonds is 1. The van der Waals surface area contributed by atoms with Crippen molar-refractivity contribution in [2.75, 3.05) is 0 Å². The first-order valence-corrected chi connectivity index (χ1v) is 10.2. The Morgan fingerprint density at radius 2 is 2.08 bits per heavy atom. The Balaban J connectivity index is 1.54. The van der Waals surface area contributed by atoms with E-state index in [2.05, 4.69) is 31.7 Å². The van der Waals surface area contributed by atoms with Gasteiger partial charge in [-0.05, 0) is 67.8 Å². The second kappa shape index (κ2) is 5.43. The fourth-order valence-electron chi connectivity index (χ4n) is 7.38. The molecule has 0 N–H and O–H groups in total. The molecular weight excluding hydrogens is 324 g/mol. The van der Waals surface area contributed by atoms with Crippen LogP contribution in [-0.4, -0.2) is 17.4 Å². The van der Waals surface area contributed by atoms with Crippen LogP contribution in [-0.2, 0) is 14.3 Å². The maximum absolute atomic E-state index is 12.0. The molecule has 138 valence electrons. The lowest BCUT2D eigenvalue weighted by Gasteiger charge is -2.56. The van der Waals surface area contributed by atoms with Gasteiger partial charge in [-0.2, -0.15) is 0 Å². The van der Waals surface area contributed by atoms with Crippen LogP contribution >= 0.6 is 0 Å². The highest BCUT2D eigenvalue weighted by Crippen LogP contribution is 2.67. The zero-order chi connectivity index (χ0) is 18.1. The van der Waals surface area contributed by atoms with Crippen molar-refractivity contribution in [3.05, 3.63) is 36.5 Å². The highest BCUT2D eigenvalue weighted by Gasteiger charge is 2.65. The van der Waals surface area contributed by atoms with Crippen molar-refractivity contribution in [3.8, 4) is 0 Å². The lowest BCUT2D eigenvalue weighted by atomic mass is 9.49. The molecule has 7 atom stereocenters. The number of ether oxygens (including phenoxy) is 1. The molecule has 5 aliphatic rings. The van der Waals surface area contributed by atoms with Crippen LogP contribution < -0.4 is 0 Å². The van der Waals surface area contributed by atoms with Gasteiger partial charge in [-0.1, -0.05) is 24.6 Å².